The highest BCUT2D eigenvalue weighted by molar-refractivity contribution is 5.88. The van der Waals surface area contributed by atoms with E-state index in [-0.39, 0.29) is 11.5 Å². The molecule has 0 spiro atoms. The second kappa shape index (κ2) is 7.00. The van der Waals surface area contributed by atoms with E-state index in [1.807, 2.05) is 0 Å². The quantitative estimate of drug-likeness (QED) is 0.635. The lowest BCUT2D eigenvalue weighted by molar-refractivity contribution is -0.193. The average Bonchev–Trinajstić information content (AvgIpc) is 2.54. The summed E-state index contributed by atoms with van der Waals surface area (Å²) in [5.74, 6) is -1.63. The topological polar surface area (TPSA) is 63.2 Å². The van der Waals surface area contributed by atoms with E-state index in [0.717, 1.165) is 12.7 Å². The number of hydrogen-bond acceptors (Lipinski definition) is 5. The van der Waals surface area contributed by atoms with E-state index in [1.165, 1.54) is 24.4 Å². The van der Waals surface area contributed by atoms with Gasteiger partial charge in [-0.05, 0) is 43.7 Å². The molecule has 2 rings (SSSR count). The summed E-state index contributed by atoms with van der Waals surface area (Å²) in [6.07, 6.45) is -3.65. The Bertz CT molecular complexity index is 748. The molecule has 1 atom stereocenters. The van der Waals surface area contributed by atoms with E-state index in [0.29, 0.717) is 5.56 Å². The molecule has 2 aromatic rings. The van der Waals surface area contributed by atoms with Crippen LogP contribution in [0.25, 0.3) is 0 Å². The Hall–Kier alpha value is -2.77. The monoisotopic (exact) mass is 353 g/mol. The summed E-state index contributed by atoms with van der Waals surface area (Å²) in [6, 6.07) is 9.19. The van der Waals surface area contributed by atoms with Gasteiger partial charge in [0, 0.05) is 11.9 Å². The number of anilines is 2. The number of carbonyl (C=O) groups is 1. The molecule has 0 radical (unpaired) electrons. The number of benzene rings is 1. The summed E-state index contributed by atoms with van der Waals surface area (Å²) in [7, 11) is 0.894. The summed E-state index contributed by atoms with van der Waals surface area (Å²) in [5, 5.41) is 4.39. The van der Waals surface area contributed by atoms with Crippen LogP contribution in [0, 0.1) is 13.8 Å². The molecule has 8 heteroatoms. The van der Waals surface area contributed by atoms with Gasteiger partial charge in [-0.25, -0.2) is 9.78 Å². The maximum Gasteiger partial charge on any atom is 0.441 e. The minimum absolute atomic E-state index is 0.105. The van der Waals surface area contributed by atoms with Crippen LogP contribution in [0.15, 0.2) is 42.6 Å². The molecule has 5 nitrogen and oxygen atoms in total. The van der Waals surface area contributed by atoms with Crippen LogP contribution in [0.2, 0.25) is 0 Å². The van der Waals surface area contributed by atoms with Gasteiger partial charge in [-0.2, -0.15) is 13.2 Å². The van der Waals surface area contributed by atoms with E-state index < -0.39 is 17.8 Å². The van der Waals surface area contributed by atoms with Gasteiger partial charge in [0.15, 0.2) is 0 Å². The Kier molecular flexibility index (Phi) is 5.20. The number of nitrogens with zero attached hydrogens (tertiary/aromatic N) is 1. The fourth-order valence-electron chi connectivity index (χ4n) is 2.19. The molecule has 0 aliphatic carbocycles. The molecule has 1 unspecified atom stereocenters. The highest BCUT2D eigenvalue weighted by Gasteiger charge is 2.63. The molecule has 1 aromatic carbocycles. The molecule has 1 aromatic heterocycles. The molecule has 25 heavy (non-hydrogen) atoms. The second-order valence-corrected chi connectivity index (χ2v) is 5.57. The number of methoxy groups -OCH3 is 1. The van der Waals surface area contributed by atoms with E-state index in [2.05, 4.69) is 20.4 Å². The van der Waals surface area contributed by atoms with E-state index in [1.54, 1.807) is 32.0 Å². The van der Waals surface area contributed by atoms with Crippen LogP contribution in [0.3, 0.4) is 0 Å². The smallest absolute Gasteiger partial charge is 0.441 e. The molecule has 1 heterocycles. The number of pyridine rings is 1. The first-order valence-electron chi connectivity index (χ1n) is 7.39. The normalized spacial score (nSPS) is 13.7. The molecule has 0 fully saturated rings. The lowest BCUT2D eigenvalue weighted by Gasteiger charge is -2.35. The number of alkyl halides is 3. The first-order chi connectivity index (χ1) is 11.7. The molecule has 2 N–H and O–H groups in total. The lowest BCUT2D eigenvalue weighted by atomic mass is 10.1. The van der Waals surface area contributed by atoms with Gasteiger partial charge in [-0.3, -0.25) is 0 Å². The van der Waals surface area contributed by atoms with Gasteiger partial charge in [-0.1, -0.05) is 17.7 Å². The Balaban J connectivity index is 2.51. The summed E-state index contributed by atoms with van der Waals surface area (Å²) < 4.78 is 46.2. The largest absolute Gasteiger partial charge is 0.466 e. The highest BCUT2D eigenvalue weighted by Crippen LogP contribution is 2.35. The van der Waals surface area contributed by atoms with Gasteiger partial charge >= 0.3 is 17.8 Å². The lowest BCUT2D eigenvalue weighted by Crippen LogP contribution is -2.64. The minimum Gasteiger partial charge on any atom is -0.466 e. The number of rotatable bonds is 5. The van der Waals surface area contributed by atoms with Crippen molar-refractivity contribution in [1.82, 2.24) is 4.98 Å². The number of esters is 1. The fourth-order valence-corrected chi connectivity index (χ4v) is 2.19. The van der Waals surface area contributed by atoms with E-state index >= 15 is 0 Å². The fraction of sp³-hybridized carbons (Fsp3) is 0.294. The van der Waals surface area contributed by atoms with Crippen LogP contribution in [-0.4, -0.2) is 29.9 Å². The maximum atomic E-state index is 13.9. The molecule has 134 valence electrons. The third-order valence-electron chi connectivity index (χ3n) is 3.53. The Labute approximate surface area is 143 Å². The van der Waals surface area contributed by atoms with Gasteiger partial charge in [0.2, 0.25) is 0 Å². The van der Waals surface area contributed by atoms with Gasteiger partial charge in [0.05, 0.1) is 7.11 Å². The Morgan fingerprint density at radius 3 is 2.20 bits per heavy atom. The third-order valence-corrected chi connectivity index (χ3v) is 3.53. The van der Waals surface area contributed by atoms with Crippen molar-refractivity contribution >= 4 is 17.5 Å². The van der Waals surface area contributed by atoms with E-state index in [4.69, 9.17) is 0 Å². The van der Waals surface area contributed by atoms with Crippen LogP contribution in [0.1, 0.15) is 11.1 Å². The molecule has 0 saturated heterocycles. The summed E-state index contributed by atoms with van der Waals surface area (Å²) in [6.45, 7) is 3.50. The van der Waals surface area contributed by atoms with Gasteiger partial charge < -0.3 is 15.4 Å². The van der Waals surface area contributed by atoms with Crippen molar-refractivity contribution in [3.8, 4) is 0 Å². The summed E-state index contributed by atoms with van der Waals surface area (Å²) in [5.41, 5.74) is -1.52. The van der Waals surface area contributed by atoms with Crippen molar-refractivity contribution < 1.29 is 22.7 Å². The first kappa shape index (κ1) is 18.6. The SMILES string of the molecule is COC(=O)C(Nc1ccc(C)cc1)(Nc1cc(C)ccn1)C(F)(F)F. The number of carbonyl (C=O) groups excluding carboxylic acids is 1. The van der Waals surface area contributed by atoms with Gasteiger partial charge in [-0.15, -0.1) is 0 Å². The molecule has 0 aliphatic rings. The highest BCUT2D eigenvalue weighted by atomic mass is 19.4. The number of halogens is 3. The molecular weight excluding hydrogens is 335 g/mol. The number of ether oxygens (including phenoxy) is 1. The molecule has 0 bridgehead atoms. The predicted octanol–water partition coefficient (Wildman–Crippen LogP) is 3.65. The van der Waals surface area contributed by atoms with Crippen molar-refractivity contribution in [2.24, 2.45) is 0 Å². The van der Waals surface area contributed by atoms with Crippen LogP contribution in [-0.2, 0) is 9.53 Å². The van der Waals surface area contributed by atoms with Crippen LogP contribution in [0.5, 0.6) is 0 Å². The predicted molar refractivity (Wildman–Crippen MR) is 88.2 cm³/mol. The average molecular weight is 353 g/mol. The molecule has 0 aliphatic heterocycles. The first-order valence-corrected chi connectivity index (χ1v) is 7.39. The van der Waals surface area contributed by atoms with Crippen molar-refractivity contribution in [2.75, 3.05) is 17.7 Å². The standard InChI is InChI=1S/C17H18F3N3O2/c1-11-4-6-13(7-5-11)22-16(15(24)25-3,17(18,19)20)23-14-10-12(2)8-9-21-14/h4-10,22H,1-3H3,(H,21,23). The zero-order chi connectivity index (χ0) is 18.7. The molecule has 0 amide bonds. The third kappa shape index (κ3) is 4.01. The Morgan fingerprint density at radius 1 is 1.04 bits per heavy atom. The van der Waals surface area contributed by atoms with Crippen molar-refractivity contribution in [3.05, 3.63) is 53.7 Å². The van der Waals surface area contributed by atoms with Crippen LogP contribution < -0.4 is 10.6 Å². The van der Waals surface area contributed by atoms with Gasteiger partial charge in [0.25, 0.3) is 0 Å². The second-order valence-electron chi connectivity index (χ2n) is 5.57. The summed E-state index contributed by atoms with van der Waals surface area (Å²) in [4.78, 5) is 16.0. The maximum absolute atomic E-state index is 13.9. The molecule has 0 saturated carbocycles. The Morgan fingerprint density at radius 2 is 1.68 bits per heavy atom. The number of nitrogens with one attached hydrogen (secondary N) is 2. The van der Waals surface area contributed by atoms with Crippen molar-refractivity contribution in [3.63, 3.8) is 0 Å². The zero-order valence-corrected chi connectivity index (χ0v) is 13.9. The van der Waals surface area contributed by atoms with Crippen LogP contribution >= 0.6 is 0 Å². The van der Waals surface area contributed by atoms with Crippen molar-refractivity contribution in [2.45, 2.75) is 25.7 Å². The van der Waals surface area contributed by atoms with Gasteiger partial charge in [0.1, 0.15) is 5.82 Å². The number of aromatic nitrogens is 1. The van der Waals surface area contributed by atoms with Crippen molar-refractivity contribution in [1.29, 1.82) is 0 Å². The molecular formula is C17H18F3N3O2. The zero-order valence-electron chi connectivity index (χ0n) is 13.9. The summed E-state index contributed by atoms with van der Waals surface area (Å²) >= 11 is 0. The van der Waals surface area contributed by atoms with E-state index in [9.17, 15) is 18.0 Å². The number of aryl methyl sites for hydroxylation is 2. The minimum atomic E-state index is -5.00. The number of hydrogen-bond donors (Lipinski definition) is 2. The van der Waals surface area contributed by atoms with Crippen LogP contribution in [0.4, 0.5) is 24.7 Å².